The lowest BCUT2D eigenvalue weighted by Gasteiger charge is -2.50. The Morgan fingerprint density at radius 2 is 1.58 bits per heavy atom. The summed E-state index contributed by atoms with van der Waals surface area (Å²) < 4.78 is 0. The SMILES string of the molecule is NC(=O)N1CCNC(Cc2ccccc2)[C@]1(Cc1ccccc1)C(N)=O. The van der Waals surface area contributed by atoms with Crippen LogP contribution in [0.3, 0.4) is 0 Å². The molecule has 26 heavy (non-hydrogen) atoms. The largest absolute Gasteiger partial charge is 0.368 e. The van der Waals surface area contributed by atoms with E-state index in [0.29, 0.717) is 25.9 Å². The fourth-order valence-electron chi connectivity index (χ4n) is 3.82. The van der Waals surface area contributed by atoms with E-state index in [1.807, 2.05) is 60.7 Å². The van der Waals surface area contributed by atoms with Gasteiger partial charge >= 0.3 is 6.03 Å². The average Bonchev–Trinajstić information content (AvgIpc) is 2.64. The minimum Gasteiger partial charge on any atom is -0.368 e. The highest BCUT2D eigenvalue weighted by molar-refractivity contribution is 5.91. The molecule has 2 aromatic rings. The minimum absolute atomic E-state index is 0.316. The molecule has 136 valence electrons. The molecule has 0 aromatic heterocycles. The van der Waals surface area contributed by atoms with Crippen LogP contribution in [-0.4, -0.2) is 41.5 Å². The number of amides is 3. The van der Waals surface area contributed by atoms with Gasteiger partial charge in [-0.1, -0.05) is 60.7 Å². The average molecular weight is 352 g/mol. The van der Waals surface area contributed by atoms with E-state index >= 15 is 0 Å². The molecule has 0 saturated carbocycles. The molecule has 1 fully saturated rings. The van der Waals surface area contributed by atoms with Crippen molar-refractivity contribution in [3.05, 3.63) is 71.8 Å². The first-order valence-electron chi connectivity index (χ1n) is 8.72. The Kier molecular flexibility index (Phi) is 5.23. The van der Waals surface area contributed by atoms with Gasteiger partial charge in [0.15, 0.2) is 0 Å². The van der Waals surface area contributed by atoms with Crippen LogP contribution < -0.4 is 16.8 Å². The van der Waals surface area contributed by atoms with Crippen LogP contribution in [-0.2, 0) is 17.6 Å². The van der Waals surface area contributed by atoms with Crippen molar-refractivity contribution in [3.8, 4) is 0 Å². The van der Waals surface area contributed by atoms with E-state index in [-0.39, 0.29) is 6.04 Å². The van der Waals surface area contributed by atoms with Crippen molar-refractivity contribution in [1.29, 1.82) is 0 Å². The molecule has 1 aliphatic rings. The van der Waals surface area contributed by atoms with Crippen LogP contribution in [0.2, 0.25) is 0 Å². The van der Waals surface area contributed by atoms with Crippen molar-refractivity contribution in [2.45, 2.75) is 24.4 Å². The van der Waals surface area contributed by atoms with Crippen molar-refractivity contribution in [1.82, 2.24) is 10.2 Å². The van der Waals surface area contributed by atoms with E-state index in [0.717, 1.165) is 11.1 Å². The topological polar surface area (TPSA) is 101 Å². The summed E-state index contributed by atoms with van der Waals surface area (Å²) in [4.78, 5) is 26.3. The standard InChI is InChI=1S/C20H24N4O2/c21-18(25)20(14-16-9-5-2-6-10-16)17(13-15-7-3-1-4-8-15)23-11-12-24(20)19(22)26/h1-10,17,23H,11-14H2,(H2,21,25)(H2,22,26)/t17?,20-/m1/s1. The third-order valence-corrected chi connectivity index (χ3v) is 5.08. The maximum atomic E-state index is 12.7. The number of primary amides is 2. The first kappa shape index (κ1) is 17.9. The number of hydrogen-bond acceptors (Lipinski definition) is 3. The van der Waals surface area contributed by atoms with Gasteiger partial charge in [0.1, 0.15) is 5.54 Å². The highest BCUT2D eigenvalue weighted by Crippen LogP contribution is 2.30. The number of nitrogens with two attached hydrogens (primary N) is 2. The zero-order valence-electron chi connectivity index (χ0n) is 14.6. The molecular weight excluding hydrogens is 328 g/mol. The lowest BCUT2D eigenvalue weighted by molar-refractivity contribution is -0.132. The molecule has 0 aliphatic carbocycles. The minimum atomic E-state index is -1.22. The van der Waals surface area contributed by atoms with Gasteiger partial charge in [-0.2, -0.15) is 0 Å². The summed E-state index contributed by atoms with van der Waals surface area (Å²) in [6, 6.07) is 18.5. The fourth-order valence-corrected chi connectivity index (χ4v) is 3.82. The monoisotopic (exact) mass is 352 g/mol. The number of rotatable bonds is 5. The second-order valence-electron chi connectivity index (χ2n) is 6.64. The molecule has 1 saturated heterocycles. The predicted octanol–water partition coefficient (Wildman–Crippen LogP) is 1.05. The van der Waals surface area contributed by atoms with Gasteiger partial charge in [-0.3, -0.25) is 4.79 Å². The van der Waals surface area contributed by atoms with Crippen LogP contribution in [0.1, 0.15) is 11.1 Å². The number of carbonyl (C=O) groups is 2. The van der Waals surface area contributed by atoms with Crippen LogP contribution in [0.5, 0.6) is 0 Å². The Hall–Kier alpha value is -2.86. The summed E-state index contributed by atoms with van der Waals surface area (Å²) >= 11 is 0. The molecule has 3 rings (SSSR count). The Bertz CT molecular complexity index is 766. The van der Waals surface area contributed by atoms with Crippen molar-refractivity contribution in [2.24, 2.45) is 11.5 Å². The number of urea groups is 1. The Labute approximate surface area is 153 Å². The fraction of sp³-hybridized carbons (Fsp3) is 0.300. The number of piperazine rings is 1. The summed E-state index contributed by atoms with van der Waals surface area (Å²) in [5.41, 5.74) is 12.3. The van der Waals surface area contributed by atoms with Gasteiger partial charge in [-0.15, -0.1) is 0 Å². The molecule has 0 spiro atoms. The van der Waals surface area contributed by atoms with Crippen LogP contribution >= 0.6 is 0 Å². The van der Waals surface area contributed by atoms with Crippen molar-refractivity contribution < 1.29 is 9.59 Å². The second-order valence-corrected chi connectivity index (χ2v) is 6.64. The summed E-state index contributed by atoms with van der Waals surface area (Å²) in [5, 5.41) is 3.39. The molecule has 3 amide bonds. The smallest absolute Gasteiger partial charge is 0.315 e. The number of carbonyl (C=O) groups excluding carboxylic acids is 2. The van der Waals surface area contributed by atoms with Crippen LogP contribution in [0, 0.1) is 0 Å². The Morgan fingerprint density at radius 1 is 1.00 bits per heavy atom. The first-order chi connectivity index (χ1) is 12.5. The maximum absolute atomic E-state index is 12.7. The highest BCUT2D eigenvalue weighted by Gasteiger charge is 2.52. The van der Waals surface area contributed by atoms with Crippen LogP contribution in [0.4, 0.5) is 4.79 Å². The molecule has 6 nitrogen and oxygen atoms in total. The van der Waals surface area contributed by atoms with Crippen LogP contribution in [0.15, 0.2) is 60.7 Å². The van der Waals surface area contributed by atoms with Gasteiger partial charge < -0.3 is 21.7 Å². The molecule has 0 radical (unpaired) electrons. The van der Waals surface area contributed by atoms with E-state index in [1.165, 1.54) is 4.90 Å². The van der Waals surface area contributed by atoms with E-state index in [2.05, 4.69) is 5.32 Å². The highest BCUT2D eigenvalue weighted by atomic mass is 16.2. The molecule has 2 aromatic carbocycles. The van der Waals surface area contributed by atoms with E-state index < -0.39 is 17.5 Å². The van der Waals surface area contributed by atoms with Gasteiger partial charge in [0.2, 0.25) is 5.91 Å². The molecule has 1 unspecified atom stereocenters. The van der Waals surface area contributed by atoms with Gasteiger partial charge in [-0.05, 0) is 17.5 Å². The number of hydrogen-bond donors (Lipinski definition) is 3. The lowest BCUT2D eigenvalue weighted by Crippen LogP contribution is -2.75. The van der Waals surface area contributed by atoms with Gasteiger partial charge in [-0.25, -0.2) is 4.79 Å². The van der Waals surface area contributed by atoms with Crippen molar-refractivity contribution in [3.63, 3.8) is 0 Å². The molecular formula is C20H24N4O2. The number of nitrogens with one attached hydrogen (secondary N) is 1. The first-order valence-corrected chi connectivity index (χ1v) is 8.72. The predicted molar refractivity (Wildman–Crippen MR) is 100 cm³/mol. The number of benzene rings is 2. The second kappa shape index (κ2) is 7.58. The molecule has 0 bridgehead atoms. The molecule has 5 N–H and O–H groups in total. The normalized spacial score (nSPS) is 22.8. The Morgan fingerprint density at radius 3 is 2.12 bits per heavy atom. The van der Waals surface area contributed by atoms with E-state index in [1.54, 1.807) is 0 Å². The summed E-state index contributed by atoms with van der Waals surface area (Å²) in [6.45, 7) is 0.903. The van der Waals surface area contributed by atoms with Gasteiger partial charge in [0.05, 0.1) is 0 Å². The zero-order valence-corrected chi connectivity index (χ0v) is 14.6. The molecule has 2 atom stereocenters. The molecule has 1 aliphatic heterocycles. The summed E-state index contributed by atoms with van der Waals surface area (Å²) in [5.74, 6) is -0.548. The molecule has 6 heteroatoms. The van der Waals surface area contributed by atoms with Gasteiger partial charge in [0, 0.05) is 25.6 Å². The number of nitrogens with zero attached hydrogens (tertiary/aromatic N) is 1. The third-order valence-electron chi connectivity index (χ3n) is 5.08. The Balaban J connectivity index is 2.04. The summed E-state index contributed by atoms with van der Waals surface area (Å²) in [7, 11) is 0. The quantitative estimate of drug-likeness (QED) is 0.749. The van der Waals surface area contributed by atoms with Gasteiger partial charge in [0.25, 0.3) is 0 Å². The maximum Gasteiger partial charge on any atom is 0.315 e. The third kappa shape index (κ3) is 3.41. The lowest BCUT2D eigenvalue weighted by atomic mass is 9.77. The van der Waals surface area contributed by atoms with Crippen molar-refractivity contribution >= 4 is 11.9 Å². The van der Waals surface area contributed by atoms with E-state index in [4.69, 9.17) is 11.5 Å². The van der Waals surface area contributed by atoms with Crippen molar-refractivity contribution in [2.75, 3.05) is 13.1 Å². The van der Waals surface area contributed by atoms with E-state index in [9.17, 15) is 9.59 Å². The zero-order chi connectivity index (χ0) is 18.6. The summed E-state index contributed by atoms with van der Waals surface area (Å²) in [6.07, 6.45) is 0.886. The molecule has 1 heterocycles. The van der Waals surface area contributed by atoms with Crippen LogP contribution in [0.25, 0.3) is 0 Å².